The van der Waals surface area contributed by atoms with Crippen LogP contribution in [0.25, 0.3) is 20.4 Å². The predicted octanol–water partition coefficient (Wildman–Crippen LogP) is 5.89. The smallest absolute Gasteiger partial charge is 0.186 e. The van der Waals surface area contributed by atoms with Crippen LogP contribution in [0.2, 0.25) is 5.15 Å². The quantitative estimate of drug-likeness (QED) is 0.319. The summed E-state index contributed by atoms with van der Waals surface area (Å²) in [5.41, 5.74) is 2.32. The first-order valence-corrected chi connectivity index (χ1v) is 13.3. The van der Waals surface area contributed by atoms with E-state index in [0.717, 1.165) is 56.9 Å². The molecule has 2 aliphatic rings. The van der Waals surface area contributed by atoms with Crippen LogP contribution in [0.4, 0.5) is 10.3 Å². The SMILES string of the molecule is Clc1cc2sc(N3CCCCC3)nc2cn1.N#Cc1cc2sc(N3CCCCC3)nc2cn1. The van der Waals surface area contributed by atoms with Crippen LogP contribution in [0.3, 0.4) is 0 Å². The zero-order chi connectivity index (χ0) is 22.6. The lowest BCUT2D eigenvalue weighted by Gasteiger charge is -2.25. The summed E-state index contributed by atoms with van der Waals surface area (Å²) in [4.78, 5) is 22.0. The van der Waals surface area contributed by atoms with Crippen LogP contribution in [-0.4, -0.2) is 46.1 Å². The summed E-state index contributed by atoms with van der Waals surface area (Å²) < 4.78 is 2.18. The Balaban J connectivity index is 0.000000139. The summed E-state index contributed by atoms with van der Waals surface area (Å²) in [5.74, 6) is 0. The van der Waals surface area contributed by atoms with Gasteiger partial charge in [0.05, 0.1) is 21.8 Å². The van der Waals surface area contributed by atoms with Crippen molar-refractivity contribution in [1.82, 2.24) is 19.9 Å². The molecule has 0 aliphatic carbocycles. The van der Waals surface area contributed by atoms with Crippen LogP contribution in [-0.2, 0) is 0 Å². The molecule has 0 amide bonds. The molecule has 0 unspecified atom stereocenters. The van der Waals surface area contributed by atoms with Crippen LogP contribution >= 0.6 is 34.3 Å². The first-order chi connectivity index (χ1) is 16.2. The van der Waals surface area contributed by atoms with Gasteiger partial charge >= 0.3 is 0 Å². The van der Waals surface area contributed by atoms with Crippen molar-refractivity contribution in [1.29, 1.82) is 5.26 Å². The van der Waals surface area contributed by atoms with E-state index in [2.05, 4.69) is 35.8 Å². The van der Waals surface area contributed by atoms with Crippen molar-refractivity contribution in [2.75, 3.05) is 36.0 Å². The normalized spacial score (nSPS) is 16.5. The molecular weight excluding hydrogens is 474 g/mol. The maximum Gasteiger partial charge on any atom is 0.186 e. The average molecular weight is 498 g/mol. The zero-order valence-electron chi connectivity index (χ0n) is 18.2. The average Bonchev–Trinajstić information content (AvgIpc) is 3.49. The maximum atomic E-state index is 8.81. The molecule has 7 nitrogen and oxygen atoms in total. The Morgan fingerprint density at radius 2 is 1.27 bits per heavy atom. The van der Waals surface area contributed by atoms with E-state index in [1.165, 1.54) is 38.5 Å². The second-order valence-electron chi connectivity index (χ2n) is 8.21. The highest BCUT2D eigenvalue weighted by Crippen LogP contribution is 2.32. The molecule has 0 N–H and O–H groups in total. The van der Waals surface area contributed by atoms with Gasteiger partial charge in [-0.05, 0) is 50.7 Å². The number of piperidine rings is 2. The second kappa shape index (κ2) is 10.2. The number of thiazole rings is 2. The van der Waals surface area contributed by atoms with Crippen LogP contribution in [0, 0.1) is 11.3 Å². The molecule has 0 aromatic carbocycles. The summed E-state index contributed by atoms with van der Waals surface area (Å²) in [5, 5.41) is 11.5. The third kappa shape index (κ3) is 5.18. The monoisotopic (exact) mass is 497 g/mol. The minimum absolute atomic E-state index is 0.464. The Morgan fingerprint density at radius 1 is 0.758 bits per heavy atom. The van der Waals surface area contributed by atoms with Gasteiger partial charge in [0.25, 0.3) is 0 Å². The zero-order valence-corrected chi connectivity index (χ0v) is 20.6. The van der Waals surface area contributed by atoms with Gasteiger partial charge < -0.3 is 9.80 Å². The molecule has 4 aromatic rings. The summed E-state index contributed by atoms with van der Waals surface area (Å²) in [6, 6.07) is 5.77. The number of fused-ring (bicyclic) bond motifs is 2. The molecule has 0 spiro atoms. The van der Waals surface area contributed by atoms with Gasteiger partial charge in [-0.15, -0.1) is 0 Å². The van der Waals surface area contributed by atoms with E-state index in [9.17, 15) is 0 Å². The standard InChI is InChI=1S/C12H12N4S.C11H12ClN3S/c13-7-9-6-11-10(8-14-9)15-12(17-11)16-4-2-1-3-5-16;12-10-6-9-8(7-13-10)14-11(16-9)15-4-2-1-3-5-15/h6,8H,1-5H2;6-7H,1-5H2. The number of halogens is 1. The lowest BCUT2D eigenvalue weighted by Crippen LogP contribution is -2.29. The largest absolute Gasteiger partial charge is 0.348 e. The highest BCUT2D eigenvalue weighted by Gasteiger charge is 2.16. The number of nitrogens with zero attached hydrogens (tertiary/aromatic N) is 7. The van der Waals surface area contributed by atoms with Crippen LogP contribution < -0.4 is 9.80 Å². The molecule has 0 bridgehead atoms. The number of aromatic nitrogens is 4. The molecule has 6 rings (SSSR count). The van der Waals surface area contributed by atoms with Crippen molar-refractivity contribution in [3.05, 3.63) is 35.4 Å². The molecule has 2 aliphatic heterocycles. The summed E-state index contributed by atoms with van der Waals surface area (Å²) in [6.45, 7) is 4.44. The van der Waals surface area contributed by atoms with Gasteiger partial charge in [-0.3, -0.25) is 0 Å². The molecule has 2 fully saturated rings. The van der Waals surface area contributed by atoms with Gasteiger partial charge in [0.15, 0.2) is 10.3 Å². The highest BCUT2D eigenvalue weighted by atomic mass is 35.5. The van der Waals surface area contributed by atoms with E-state index in [0.29, 0.717) is 10.8 Å². The Bertz CT molecular complexity index is 1280. The topological polar surface area (TPSA) is 81.8 Å². The molecule has 0 atom stereocenters. The molecule has 6 heterocycles. The van der Waals surface area contributed by atoms with Crippen molar-refractivity contribution >= 4 is 65.0 Å². The van der Waals surface area contributed by atoms with Crippen LogP contribution in [0.15, 0.2) is 24.5 Å². The number of pyridine rings is 2. The van der Waals surface area contributed by atoms with Gasteiger partial charge in [-0.1, -0.05) is 34.3 Å². The first-order valence-electron chi connectivity index (χ1n) is 11.3. The number of nitriles is 1. The summed E-state index contributed by atoms with van der Waals surface area (Å²) in [7, 11) is 0. The third-order valence-electron chi connectivity index (χ3n) is 5.86. The lowest BCUT2D eigenvalue weighted by molar-refractivity contribution is 0.577. The Morgan fingerprint density at radius 3 is 1.82 bits per heavy atom. The number of hydrogen-bond acceptors (Lipinski definition) is 9. The second-order valence-corrected chi connectivity index (χ2v) is 10.6. The fraction of sp³-hybridized carbons (Fsp3) is 0.435. The third-order valence-corrected chi connectivity index (χ3v) is 8.23. The van der Waals surface area contributed by atoms with Crippen molar-refractivity contribution in [3.63, 3.8) is 0 Å². The molecule has 170 valence electrons. The number of rotatable bonds is 2. The number of anilines is 2. The fourth-order valence-electron chi connectivity index (χ4n) is 4.12. The summed E-state index contributed by atoms with van der Waals surface area (Å²) in [6.07, 6.45) is 11.1. The van der Waals surface area contributed by atoms with Gasteiger partial charge in [-0.2, -0.15) is 5.26 Å². The van der Waals surface area contributed by atoms with E-state index in [1.807, 2.05) is 12.1 Å². The van der Waals surface area contributed by atoms with Gasteiger partial charge in [0, 0.05) is 26.2 Å². The van der Waals surface area contributed by atoms with Gasteiger partial charge in [0.2, 0.25) is 0 Å². The van der Waals surface area contributed by atoms with Crippen molar-refractivity contribution in [3.8, 4) is 6.07 Å². The molecule has 2 saturated heterocycles. The molecule has 33 heavy (non-hydrogen) atoms. The van der Waals surface area contributed by atoms with Crippen molar-refractivity contribution < 1.29 is 0 Å². The van der Waals surface area contributed by atoms with Crippen LogP contribution in [0.5, 0.6) is 0 Å². The van der Waals surface area contributed by atoms with Crippen molar-refractivity contribution in [2.24, 2.45) is 0 Å². The fourth-order valence-corrected chi connectivity index (χ4v) is 6.39. The molecule has 0 radical (unpaired) electrons. The Hall–Kier alpha value is -2.54. The molecule has 10 heteroatoms. The van der Waals surface area contributed by atoms with E-state index >= 15 is 0 Å². The molecule has 4 aromatic heterocycles. The van der Waals surface area contributed by atoms with Crippen molar-refractivity contribution in [2.45, 2.75) is 38.5 Å². The van der Waals surface area contributed by atoms with E-state index in [-0.39, 0.29) is 0 Å². The Kier molecular flexibility index (Phi) is 6.85. The number of hydrogen-bond donors (Lipinski definition) is 0. The predicted molar refractivity (Wildman–Crippen MR) is 137 cm³/mol. The minimum atomic E-state index is 0.464. The lowest BCUT2D eigenvalue weighted by atomic mass is 10.1. The van der Waals surface area contributed by atoms with Gasteiger partial charge in [-0.25, -0.2) is 19.9 Å². The van der Waals surface area contributed by atoms with Gasteiger partial charge in [0.1, 0.15) is 27.9 Å². The first kappa shape index (κ1) is 22.3. The van der Waals surface area contributed by atoms with E-state index in [4.69, 9.17) is 16.9 Å². The maximum absolute atomic E-state index is 8.81. The van der Waals surface area contributed by atoms with E-state index in [1.54, 1.807) is 35.1 Å². The molecule has 0 saturated carbocycles. The molecular formula is C23H24ClN7S2. The minimum Gasteiger partial charge on any atom is -0.348 e. The Labute approximate surface area is 205 Å². The van der Waals surface area contributed by atoms with E-state index < -0.39 is 0 Å². The summed E-state index contributed by atoms with van der Waals surface area (Å²) >= 11 is 9.23. The van der Waals surface area contributed by atoms with Crippen LogP contribution in [0.1, 0.15) is 44.2 Å². The highest BCUT2D eigenvalue weighted by molar-refractivity contribution is 7.22.